The molecule has 0 radical (unpaired) electrons. The quantitative estimate of drug-likeness (QED) is 0.819. The molecule has 2 aromatic rings. The number of halogens is 3. The van der Waals surface area contributed by atoms with Crippen molar-refractivity contribution in [3.8, 4) is 11.5 Å². The standard InChI is InChI=1S/C15H13F3O2/c1-11-2-6-13(7-3-11)19-10-15(17,18)20-14-8-4-12(16)5-9-14/h2-9H,10H2,1H3. The van der Waals surface area contributed by atoms with Crippen LogP contribution >= 0.6 is 0 Å². The summed E-state index contributed by atoms with van der Waals surface area (Å²) in [4.78, 5) is 0. The van der Waals surface area contributed by atoms with E-state index >= 15 is 0 Å². The van der Waals surface area contributed by atoms with Gasteiger partial charge in [0.25, 0.3) is 0 Å². The second-order valence-corrected chi connectivity index (χ2v) is 4.30. The summed E-state index contributed by atoms with van der Waals surface area (Å²) in [5.41, 5.74) is 1.01. The summed E-state index contributed by atoms with van der Waals surface area (Å²) in [6.45, 7) is 0.962. The molecule has 0 bridgehead atoms. The summed E-state index contributed by atoms with van der Waals surface area (Å²) in [6.07, 6.45) is -3.50. The second-order valence-electron chi connectivity index (χ2n) is 4.30. The molecule has 0 spiro atoms. The van der Waals surface area contributed by atoms with Gasteiger partial charge in [-0.3, -0.25) is 0 Å². The lowest BCUT2D eigenvalue weighted by Gasteiger charge is -2.18. The maximum Gasteiger partial charge on any atom is 0.432 e. The lowest BCUT2D eigenvalue weighted by atomic mass is 10.2. The van der Waals surface area contributed by atoms with E-state index in [2.05, 4.69) is 4.74 Å². The molecule has 5 heteroatoms. The SMILES string of the molecule is Cc1ccc(OCC(F)(F)Oc2ccc(F)cc2)cc1. The molecule has 0 saturated heterocycles. The first kappa shape index (κ1) is 14.2. The number of rotatable bonds is 5. The summed E-state index contributed by atoms with van der Waals surface area (Å²) in [5, 5.41) is 0. The molecule has 0 fully saturated rings. The van der Waals surface area contributed by atoms with Gasteiger partial charge in [-0.2, -0.15) is 8.78 Å². The zero-order valence-corrected chi connectivity index (χ0v) is 10.8. The number of aryl methyl sites for hydroxylation is 1. The van der Waals surface area contributed by atoms with Crippen LogP contribution in [0.1, 0.15) is 5.56 Å². The molecule has 106 valence electrons. The first-order valence-electron chi connectivity index (χ1n) is 5.96. The van der Waals surface area contributed by atoms with Crippen molar-refractivity contribution in [2.45, 2.75) is 13.0 Å². The van der Waals surface area contributed by atoms with Crippen molar-refractivity contribution in [3.63, 3.8) is 0 Å². The van der Waals surface area contributed by atoms with Crippen LogP contribution in [0.2, 0.25) is 0 Å². The van der Waals surface area contributed by atoms with E-state index in [1.54, 1.807) is 24.3 Å². The van der Waals surface area contributed by atoms with Crippen LogP contribution in [-0.4, -0.2) is 12.7 Å². The molecule has 0 heterocycles. The predicted octanol–water partition coefficient (Wildman–Crippen LogP) is 4.18. The molecule has 2 rings (SSSR count). The van der Waals surface area contributed by atoms with Crippen molar-refractivity contribution in [1.29, 1.82) is 0 Å². The molecule has 0 atom stereocenters. The van der Waals surface area contributed by atoms with Crippen molar-refractivity contribution in [2.24, 2.45) is 0 Å². The molecule has 0 aromatic heterocycles. The van der Waals surface area contributed by atoms with E-state index in [0.29, 0.717) is 5.75 Å². The van der Waals surface area contributed by atoms with Crippen LogP contribution in [0.3, 0.4) is 0 Å². The summed E-state index contributed by atoms with van der Waals surface area (Å²) < 4.78 is 49.2. The maximum atomic E-state index is 13.5. The van der Waals surface area contributed by atoms with Crippen LogP contribution in [0.5, 0.6) is 11.5 Å². The van der Waals surface area contributed by atoms with Gasteiger partial charge < -0.3 is 9.47 Å². The second kappa shape index (κ2) is 5.86. The lowest BCUT2D eigenvalue weighted by Crippen LogP contribution is -2.32. The van der Waals surface area contributed by atoms with Gasteiger partial charge in [-0.1, -0.05) is 17.7 Å². The molecule has 0 N–H and O–H groups in total. The smallest absolute Gasteiger partial charge is 0.432 e. The zero-order chi connectivity index (χ0) is 14.6. The van der Waals surface area contributed by atoms with Crippen molar-refractivity contribution < 1.29 is 22.6 Å². The number of hydrogen-bond acceptors (Lipinski definition) is 2. The topological polar surface area (TPSA) is 18.5 Å². The highest BCUT2D eigenvalue weighted by Crippen LogP contribution is 2.23. The Hall–Kier alpha value is -2.17. The zero-order valence-electron chi connectivity index (χ0n) is 10.8. The van der Waals surface area contributed by atoms with Crippen LogP contribution in [-0.2, 0) is 0 Å². The molecule has 20 heavy (non-hydrogen) atoms. The van der Waals surface area contributed by atoms with Gasteiger partial charge in [-0.25, -0.2) is 4.39 Å². The van der Waals surface area contributed by atoms with Crippen LogP contribution < -0.4 is 9.47 Å². The Morgan fingerprint density at radius 2 is 1.45 bits per heavy atom. The minimum absolute atomic E-state index is 0.121. The average Bonchev–Trinajstić information content (AvgIpc) is 2.41. The first-order chi connectivity index (χ1) is 9.44. The van der Waals surface area contributed by atoms with Gasteiger partial charge in [0.15, 0.2) is 6.61 Å². The molecule has 0 unspecified atom stereocenters. The minimum Gasteiger partial charge on any atom is -0.483 e. The van der Waals surface area contributed by atoms with Crippen LogP contribution in [0.4, 0.5) is 13.2 Å². The third-order valence-electron chi connectivity index (χ3n) is 2.51. The third-order valence-corrected chi connectivity index (χ3v) is 2.51. The fourth-order valence-corrected chi connectivity index (χ4v) is 1.51. The summed E-state index contributed by atoms with van der Waals surface area (Å²) in [5.74, 6) is -0.307. The number of alkyl halides is 2. The fraction of sp³-hybridized carbons (Fsp3) is 0.200. The molecule has 0 aliphatic rings. The third kappa shape index (κ3) is 4.19. The van der Waals surface area contributed by atoms with Gasteiger partial charge in [-0.05, 0) is 43.3 Å². The van der Waals surface area contributed by atoms with E-state index in [1.807, 2.05) is 6.92 Å². The molecular formula is C15H13F3O2. The number of hydrogen-bond donors (Lipinski definition) is 0. The Kier molecular flexibility index (Phi) is 4.17. The average molecular weight is 282 g/mol. The van der Waals surface area contributed by atoms with Crippen LogP contribution in [0.25, 0.3) is 0 Å². The molecule has 2 aromatic carbocycles. The maximum absolute atomic E-state index is 13.5. The molecular weight excluding hydrogens is 269 g/mol. The van der Waals surface area contributed by atoms with Crippen molar-refractivity contribution >= 4 is 0 Å². The van der Waals surface area contributed by atoms with E-state index in [-0.39, 0.29) is 5.75 Å². The van der Waals surface area contributed by atoms with E-state index in [4.69, 9.17) is 4.74 Å². The Morgan fingerprint density at radius 3 is 2.05 bits per heavy atom. The summed E-state index contributed by atoms with van der Waals surface area (Å²) in [6, 6.07) is 11.1. The van der Waals surface area contributed by atoms with E-state index in [0.717, 1.165) is 29.8 Å². The van der Waals surface area contributed by atoms with Gasteiger partial charge in [0.05, 0.1) is 0 Å². The highest BCUT2D eigenvalue weighted by molar-refractivity contribution is 5.26. The first-order valence-corrected chi connectivity index (χ1v) is 5.96. The van der Waals surface area contributed by atoms with Gasteiger partial charge >= 0.3 is 6.11 Å². The summed E-state index contributed by atoms with van der Waals surface area (Å²) >= 11 is 0. The molecule has 0 aliphatic heterocycles. The molecule has 0 saturated carbocycles. The van der Waals surface area contributed by atoms with Gasteiger partial charge in [-0.15, -0.1) is 0 Å². The fourth-order valence-electron chi connectivity index (χ4n) is 1.51. The Balaban J connectivity index is 1.93. The highest BCUT2D eigenvalue weighted by Gasteiger charge is 2.33. The van der Waals surface area contributed by atoms with Crippen molar-refractivity contribution in [2.75, 3.05) is 6.61 Å². The molecule has 0 amide bonds. The predicted molar refractivity (Wildman–Crippen MR) is 68.6 cm³/mol. The largest absolute Gasteiger partial charge is 0.483 e. The molecule has 2 nitrogen and oxygen atoms in total. The van der Waals surface area contributed by atoms with Gasteiger partial charge in [0.1, 0.15) is 17.3 Å². The van der Waals surface area contributed by atoms with Gasteiger partial charge in [0.2, 0.25) is 0 Å². The van der Waals surface area contributed by atoms with Crippen molar-refractivity contribution in [3.05, 3.63) is 59.9 Å². The van der Waals surface area contributed by atoms with E-state index in [9.17, 15) is 13.2 Å². The molecule has 0 aliphatic carbocycles. The van der Waals surface area contributed by atoms with E-state index < -0.39 is 18.5 Å². The Morgan fingerprint density at radius 1 is 0.900 bits per heavy atom. The summed E-state index contributed by atoms with van der Waals surface area (Å²) in [7, 11) is 0. The van der Waals surface area contributed by atoms with E-state index in [1.165, 1.54) is 0 Å². The van der Waals surface area contributed by atoms with Crippen LogP contribution in [0, 0.1) is 12.7 Å². The minimum atomic E-state index is -3.50. The lowest BCUT2D eigenvalue weighted by molar-refractivity contribution is -0.195. The normalized spacial score (nSPS) is 11.2. The number of benzene rings is 2. The Labute approximate surface area is 114 Å². The Bertz CT molecular complexity index is 550. The van der Waals surface area contributed by atoms with Gasteiger partial charge in [0, 0.05) is 0 Å². The van der Waals surface area contributed by atoms with Crippen LogP contribution in [0.15, 0.2) is 48.5 Å². The monoisotopic (exact) mass is 282 g/mol. The number of ether oxygens (including phenoxy) is 2. The van der Waals surface area contributed by atoms with Crippen molar-refractivity contribution in [1.82, 2.24) is 0 Å². The highest BCUT2D eigenvalue weighted by atomic mass is 19.3.